The van der Waals surface area contributed by atoms with E-state index in [1.165, 1.54) is 21.5 Å². The zero-order valence-corrected chi connectivity index (χ0v) is 16.0. The molecule has 0 nitrogen and oxygen atoms in total. The molecule has 27 heavy (non-hydrogen) atoms. The van der Waals surface area contributed by atoms with Crippen molar-refractivity contribution in [3.8, 4) is 0 Å². The highest BCUT2D eigenvalue weighted by Gasteiger charge is 2.43. The van der Waals surface area contributed by atoms with Crippen LogP contribution in [0.25, 0.3) is 6.08 Å². The molecule has 0 radical (unpaired) electrons. The van der Waals surface area contributed by atoms with E-state index in [0.29, 0.717) is 0 Å². The van der Waals surface area contributed by atoms with Gasteiger partial charge in [0.25, 0.3) is 0 Å². The Labute approximate surface area is 162 Å². The molecule has 0 aliphatic heterocycles. The lowest BCUT2D eigenvalue weighted by atomic mass is 10.2. The molecule has 0 unspecified atom stereocenters. The van der Waals surface area contributed by atoms with Crippen molar-refractivity contribution in [2.45, 2.75) is 0 Å². The normalized spacial score (nSPS) is 11.6. The molecular formula is C26H22P+. The summed E-state index contributed by atoms with van der Waals surface area (Å²) in [5.41, 5.74) is 1.23. The number of rotatable bonds is 5. The fourth-order valence-corrected chi connectivity index (χ4v) is 7.19. The molecule has 4 rings (SSSR count). The first-order valence-corrected chi connectivity index (χ1v) is 11.1. The van der Waals surface area contributed by atoms with Gasteiger partial charge in [0.15, 0.2) is 0 Å². The molecule has 0 aromatic heterocycles. The van der Waals surface area contributed by atoms with Crippen molar-refractivity contribution in [2.24, 2.45) is 0 Å². The van der Waals surface area contributed by atoms with E-state index in [9.17, 15) is 0 Å². The van der Waals surface area contributed by atoms with Crippen LogP contribution in [0.3, 0.4) is 0 Å². The standard InChI is InChI=1S/C26H22P/c1-5-13-23(14-6-1)21-22-27(24-15-7-2-8-16-24,25-17-9-3-10-18-25)26-19-11-4-12-20-26/h1-22H/q+1/b22-21+. The van der Waals surface area contributed by atoms with Crippen LogP contribution in [0.2, 0.25) is 0 Å². The van der Waals surface area contributed by atoms with Gasteiger partial charge in [-0.2, -0.15) is 0 Å². The quantitative estimate of drug-likeness (QED) is 0.401. The van der Waals surface area contributed by atoms with Crippen LogP contribution in [0.15, 0.2) is 127 Å². The second kappa shape index (κ2) is 8.16. The van der Waals surface area contributed by atoms with E-state index < -0.39 is 7.26 Å². The molecule has 0 saturated heterocycles. The number of benzene rings is 4. The van der Waals surface area contributed by atoms with Gasteiger partial charge in [-0.1, -0.05) is 84.9 Å². The van der Waals surface area contributed by atoms with Gasteiger partial charge >= 0.3 is 0 Å². The Balaban J connectivity index is 1.99. The largest absolute Gasteiger partial charge is 0.136 e. The van der Waals surface area contributed by atoms with E-state index >= 15 is 0 Å². The summed E-state index contributed by atoms with van der Waals surface area (Å²) in [4.78, 5) is 0. The Morgan fingerprint density at radius 2 is 0.741 bits per heavy atom. The first-order chi connectivity index (χ1) is 13.4. The minimum atomic E-state index is -1.90. The third kappa shape index (κ3) is 3.63. The fourth-order valence-electron chi connectivity index (χ4n) is 3.46. The molecular weight excluding hydrogens is 343 g/mol. The smallest absolute Gasteiger partial charge is 0.0622 e. The average molecular weight is 365 g/mol. The molecule has 0 amide bonds. The lowest BCUT2D eigenvalue weighted by Crippen LogP contribution is -2.29. The summed E-state index contributed by atoms with van der Waals surface area (Å²) in [6, 6.07) is 43.3. The first-order valence-electron chi connectivity index (χ1n) is 9.19. The van der Waals surface area contributed by atoms with Crippen molar-refractivity contribution < 1.29 is 0 Å². The van der Waals surface area contributed by atoms with Crippen molar-refractivity contribution in [3.05, 3.63) is 133 Å². The Hall–Kier alpha value is -2.95. The fraction of sp³-hybridized carbons (Fsp3) is 0. The van der Waals surface area contributed by atoms with Gasteiger partial charge < -0.3 is 0 Å². The summed E-state index contributed by atoms with van der Waals surface area (Å²) >= 11 is 0. The van der Waals surface area contributed by atoms with Crippen LogP contribution in [0, 0.1) is 0 Å². The molecule has 0 spiro atoms. The molecule has 4 aromatic rings. The zero-order valence-electron chi connectivity index (χ0n) is 15.1. The molecule has 0 N–H and O–H groups in total. The van der Waals surface area contributed by atoms with Crippen LogP contribution in [0.1, 0.15) is 5.56 Å². The van der Waals surface area contributed by atoms with E-state index in [2.05, 4.69) is 133 Å². The SMILES string of the molecule is C(=C\[P+](c1ccccc1)(c1ccccc1)c1ccccc1)/c1ccccc1. The summed E-state index contributed by atoms with van der Waals surface area (Å²) in [5, 5.41) is 4.11. The van der Waals surface area contributed by atoms with Gasteiger partial charge in [-0.3, -0.25) is 0 Å². The van der Waals surface area contributed by atoms with Gasteiger partial charge in [0.05, 0.1) is 5.82 Å². The summed E-state index contributed by atoms with van der Waals surface area (Å²) in [5.74, 6) is 2.45. The minimum absolute atomic E-state index is 1.23. The van der Waals surface area contributed by atoms with Crippen molar-refractivity contribution in [2.75, 3.05) is 0 Å². The van der Waals surface area contributed by atoms with E-state index in [-0.39, 0.29) is 0 Å². The molecule has 0 bridgehead atoms. The van der Waals surface area contributed by atoms with Gasteiger partial charge in [-0.25, -0.2) is 0 Å². The summed E-state index contributed by atoms with van der Waals surface area (Å²) in [6.07, 6.45) is 2.28. The number of hydrogen-bond donors (Lipinski definition) is 0. The average Bonchev–Trinajstić information content (AvgIpc) is 2.77. The van der Waals surface area contributed by atoms with E-state index in [4.69, 9.17) is 0 Å². The van der Waals surface area contributed by atoms with Gasteiger partial charge in [-0.15, -0.1) is 0 Å². The molecule has 1 heteroatoms. The van der Waals surface area contributed by atoms with Crippen molar-refractivity contribution in [3.63, 3.8) is 0 Å². The Bertz CT molecular complexity index is 894. The van der Waals surface area contributed by atoms with Gasteiger partial charge in [0, 0.05) is 0 Å². The Morgan fingerprint density at radius 3 is 1.11 bits per heavy atom. The summed E-state index contributed by atoms with van der Waals surface area (Å²) < 4.78 is 0. The summed E-state index contributed by atoms with van der Waals surface area (Å²) in [6.45, 7) is 0. The molecule has 0 saturated carbocycles. The Kier molecular flexibility index (Phi) is 5.28. The first kappa shape index (κ1) is 17.5. The van der Waals surface area contributed by atoms with Crippen LogP contribution in [0.4, 0.5) is 0 Å². The zero-order chi connectivity index (χ0) is 18.4. The van der Waals surface area contributed by atoms with Crippen LogP contribution >= 0.6 is 7.26 Å². The van der Waals surface area contributed by atoms with Crippen LogP contribution < -0.4 is 15.9 Å². The van der Waals surface area contributed by atoms with Crippen LogP contribution in [-0.2, 0) is 0 Å². The third-order valence-electron chi connectivity index (χ3n) is 4.78. The predicted molar refractivity (Wildman–Crippen MR) is 121 cm³/mol. The highest BCUT2D eigenvalue weighted by Crippen LogP contribution is 2.57. The second-order valence-electron chi connectivity index (χ2n) is 6.46. The van der Waals surface area contributed by atoms with Crippen LogP contribution in [0.5, 0.6) is 0 Å². The van der Waals surface area contributed by atoms with Crippen molar-refractivity contribution in [1.29, 1.82) is 0 Å². The monoisotopic (exact) mass is 365 g/mol. The molecule has 0 fully saturated rings. The molecule has 0 aliphatic rings. The maximum Gasteiger partial charge on any atom is 0.136 e. The van der Waals surface area contributed by atoms with Crippen molar-refractivity contribution >= 4 is 29.3 Å². The molecule has 0 atom stereocenters. The highest BCUT2D eigenvalue weighted by molar-refractivity contribution is 7.98. The van der Waals surface area contributed by atoms with Gasteiger partial charge in [-0.05, 0) is 48.0 Å². The predicted octanol–water partition coefficient (Wildman–Crippen LogP) is 5.65. The van der Waals surface area contributed by atoms with Gasteiger partial charge in [0.1, 0.15) is 23.2 Å². The second-order valence-corrected chi connectivity index (χ2v) is 9.75. The van der Waals surface area contributed by atoms with Gasteiger partial charge in [0.2, 0.25) is 0 Å². The highest BCUT2D eigenvalue weighted by atomic mass is 31.2. The van der Waals surface area contributed by atoms with Crippen molar-refractivity contribution in [1.82, 2.24) is 0 Å². The maximum absolute atomic E-state index is 2.45. The van der Waals surface area contributed by atoms with E-state index in [1.807, 2.05) is 0 Å². The molecule has 4 aromatic carbocycles. The minimum Gasteiger partial charge on any atom is -0.0622 e. The maximum atomic E-state index is 2.45. The lowest BCUT2D eigenvalue weighted by Gasteiger charge is -2.24. The summed E-state index contributed by atoms with van der Waals surface area (Å²) in [7, 11) is -1.90. The third-order valence-corrected chi connectivity index (χ3v) is 8.71. The van der Waals surface area contributed by atoms with Crippen LogP contribution in [-0.4, -0.2) is 0 Å². The molecule has 0 aliphatic carbocycles. The Morgan fingerprint density at radius 1 is 0.407 bits per heavy atom. The number of hydrogen-bond acceptors (Lipinski definition) is 0. The topological polar surface area (TPSA) is 0 Å². The van der Waals surface area contributed by atoms with E-state index in [1.54, 1.807) is 0 Å². The molecule has 130 valence electrons. The van der Waals surface area contributed by atoms with E-state index in [0.717, 1.165) is 0 Å². The molecule has 0 heterocycles. The lowest BCUT2D eigenvalue weighted by molar-refractivity contribution is 1.66.